The van der Waals surface area contributed by atoms with E-state index >= 15 is 0 Å². The van der Waals surface area contributed by atoms with Gasteiger partial charge in [0.1, 0.15) is 16.7 Å². The monoisotopic (exact) mass is 882 g/mol. The van der Waals surface area contributed by atoms with Gasteiger partial charge < -0.3 is 13.4 Å². The zero-order valence-corrected chi connectivity index (χ0v) is 37.0. The van der Waals surface area contributed by atoms with Gasteiger partial charge in [0.05, 0.1) is 16.7 Å². The van der Waals surface area contributed by atoms with E-state index in [0.29, 0.717) is 17.5 Å². The Kier molecular flexibility index (Phi) is 8.79. The molecule has 0 spiro atoms. The van der Waals surface area contributed by atoms with Gasteiger partial charge in [0, 0.05) is 54.6 Å². The zero-order chi connectivity index (χ0) is 45.4. The topological polar surface area (TPSA) is 69.9 Å². The highest BCUT2D eigenvalue weighted by Gasteiger charge is 2.22. The number of rotatable bonds is 7. The van der Waals surface area contributed by atoms with Gasteiger partial charge in [-0.05, 0) is 70.3 Å². The van der Waals surface area contributed by atoms with Gasteiger partial charge in [-0.25, -0.2) is 15.0 Å². The molecule has 0 aliphatic heterocycles. The first-order valence-corrected chi connectivity index (χ1v) is 23.2. The quantitative estimate of drug-likeness (QED) is 0.159. The van der Waals surface area contributed by atoms with Crippen LogP contribution in [0.1, 0.15) is 0 Å². The van der Waals surface area contributed by atoms with Crippen LogP contribution in [0, 0.1) is 0 Å². The molecule has 10 aromatic carbocycles. The molecule has 0 N–H and O–H groups in total. The van der Waals surface area contributed by atoms with Crippen molar-refractivity contribution >= 4 is 65.7 Å². The fraction of sp³-hybridized carbons (Fsp3) is 0. The lowest BCUT2D eigenvalue weighted by atomic mass is 9.99. The first kappa shape index (κ1) is 38.8. The minimum Gasteiger partial charge on any atom is -0.456 e. The van der Waals surface area contributed by atoms with E-state index in [1.807, 2.05) is 48.5 Å². The summed E-state index contributed by atoms with van der Waals surface area (Å²) in [5, 5.41) is 6.43. The summed E-state index contributed by atoms with van der Waals surface area (Å²) in [5.41, 5.74) is 15.8. The fourth-order valence-electron chi connectivity index (χ4n) is 10.2. The standard InChI is InChI=1S/C63H38N4O2/c1-4-15-39(16-5-1)41-29-31-43(32-30-41)62-64-61(42-19-8-3-9-20-42)65-63(66-62)51-25-14-28-56-58(51)50-35-33-45(38-57(50)68-56)46-22-12-23-48-49-24-13-27-55(60(49)69-59(46)48)67-53-26-11-10-21-47(53)52-37-44(34-36-54(52)67)40-17-6-2-7-18-40/h1-38H. The molecule has 0 fully saturated rings. The van der Waals surface area contributed by atoms with Crippen molar-refractivity contribution in [1.29, 1.82) is 0 Å². The molecule has 4 aromatic heterocycles. The summed E-state index contributed by atoms with van der Waals surface area (Å²) in [7, 11) is 0. The molecular weight excluding hydrogens is 845 g/mol. The van der Waals surface area contributed by atoms with Crippen molar-refractivity contribution < 1.29 is 8.83 Å². The molecule has 322 valence electrons. The Morgan fingerprint density at radius 1 is 0.290 bits per heavy atom. The van der Waals surface area contributed by atoms with Crippen LogP contribution in [-0.2, 0) is 0 Å². The second kappa shape index (κ2) is 15.6. The number of para-hydroxylation sites is 3. The first-order chi connectivity index (χ1) is 34.2. The van der Waals surface area contributed by atoms with Crippen LogP contribution < -0.4 is 0 Å². The molecule has 69 heavy (non-hydrogen) atoms. The smallest absolute Gasteiger partial charge is 0.164 e. The summed E-state index contributed by atoms with van der Waals surface area (Å²) in [5.74, 6) is 1.78. The normalized spacial score (nSPS) is 11.8. The molecule has 0 aliphatic rings. The number of fused-ring (bicyclic) bond motifs is 9. The van der Waals surface area contributed by atoms with Gasteiger partial charge >= 0.3 is 0 Å². The Labute approximate surface area is 396 Å². The van der Waals surface area contributed by atoms with Gasteiger partial charge in [-0.2, -0.15) is 0 Å². The summed E-state index contributed by atoms with van der Waals surface area (Å²) < 4.78 is 16.1. The molecule has 0 saturated heterocycles. The Morgan fingerprint density at radius 2 is 0.826 bits per heavy atom. The predicted octanol–water partition coefficient (Wildman–Crippen LogP) is 16.8. The lowest BCUT2D eigenvalue weighted by molar-refractivity contribution is 0.666. The van der Waals surface area contributed by atoms with Gasteiger partial charge in [-0.3, -0.25) is 0 Å². The molecule has 14 rings (SSSR count). The van der Waals surface area contributed by atoms with Crippen LogP contribution in [0.4, 0.5) is 0 Å². The lowest BCUT2D eigenvalue weighted by Crippen LogP contribution is -2.00. The molecule has 0 atom stereocenters. The van der Waals surface area contributed by atoms with E-state index in [-0.39, 0.29) is 0 Å². The van der Waals surface area contributed by atoms with Gasteiger partial charge in [0.25, 0.3) is 0 Å². The third-order valence-corrected chi connectivity index (χ3v) is 13.5. The molecule has 0 bridgehead atoms. The van der Waals surface area contributed by atoms with Crippen molar-refractivity contribution in [2.45, 2.75) is 0 Å². The van der Waals surface area contributed by atoms with Crippen molar-refractivity contribution in [3.8, 4) is 73.2 Å². The van der Waals surface area contributed by atoms with Crippen molar-refractivity contribution in [3.63, 3.8) is 0 Å². The Hall–Kier alpha value is -9.39. The SMILES string of the molecule is c1ccc(-c2ccc(-c3nc(-c4ccccc4)nc(-c4cccc5oc6cc(-c7cccc8c7oc7c(-n9c%10ccccc%10c%10cc(-c%11ccccc%11)ccc%109)cccc78)ccc6c45)n3)cc2)cc1. The zero-order valence-electron chi connectivity index (χ0n) is 37.0. The number of benzene rings is 10. The number of aromatic nitrogens is 4. The van der Waals surface area contributed by atoms with E-state index in [0.717, 1.165) is 99.5 Å². The van der Waals surface area contributed by atoms with Crippen molar-refractivity contribution in [2.75, 3.05) is 0 Å². The van der Waals surface area contributed by atoms with E-state index in [1.165, 1.54) is 21.9 Å². The molecule has 6 nitrogen and oxygen atoms in total. The minimum atomic E-state index is 0.575. The molecule has 0 saturated carbocycles. The van der Waals surface area contributed by atoms with E-state index in [9.17, 15) is 0 Å². The molecule has 0 unspecified atom stereocenters. The predicted molar refractivity (Wildman–Crippen MR) is 281 cm³/mol. The van der Waals surface area contributed by atoms with Crippen LogP contribution in [0.3, 0.4) is 0 Å². The maximum Gasteiger partial charge on any atom is 0.164 e. The molecular formula is C63H38N4O2. The third kappa shape index (κ3) is 6.38. The average Bonchev–Trinajstić information content (AvgIpc) is 4.11. The van der Waals surface area contributed by atoms with Gasteiger partial charge in [0.2, 0.25) is 0 Å². The Balaban J connectivity index is 0.889. The molecule has 14 aromatic rings. The molecule has 0 aliphatic carbocycles. The molecule has 4 heterocycles. The first-order valence-electron chi connectivity index (χ1n) is 23.2. The van der Waals surface area contributed by atoms with E-state index in [1.54, 1.807) is 0 Å². The maximum absolute atomic E-state index is 7.08. The number of nitrogens with zero attached hydrogens (tertiary/aromatic N) is 4. The van der Waals surface area contributed by atoms with E-state index < -0.39 is 0 Å². The highest BCUT2D eigenvalue weighted by Crippen LogP contribution is 2.43. The van der Waals surface area contributed by atoms with E-state index in [2.05, 4.69) is 187 Å². The summed E-state index contributed by atoms with van der Waals surface area (Å²) in [4.78, 5) is 15.3. The van der Waals surface area contributed by atoms with Gasteiger partial charge in [-0.1, -0.05) is 188 Å². The third-order valence-electron chi connectivity index (χ3n) is 13.5. The van der Waals surface area contributed by atoms with Crippen LogP contribution in [-0.4, -0.2) is 19.5 Å². The van der Waals surface area contributed by atoms with E-state index in [4.69, 9.17) is 23.8 Å². The molecule has 0 amide bonds. The second-order valence-electron chi connectivity index (χ2n) is 17.5. The van der Waals surface area contributed by atoms with Gasteiger partial charge in [-0.15, -0.1) is 0 Å². The maximum atomic E-state index is 7.08. The van der Waals surface area contributed by atoms with Crippen LogP contribution in [0.2, 0.25) is 0 Å². The van der Waals surface area contributed by atoms with Crippen LogP contribution in [0.5, 0.6) is 0 Å². The Morgan fingerprint density at radius 3 is 1.59 bits per heavy atom. The highest BCUT2D eigenvalue weighted by molar-refractivity contribution is 6.16. The number of hydrogen-bond acceptors (Lipinski definition) is 5. The fourth-order valence-corrected chi connectivity index (χ4v) is 10.2. The average molecular weight is 883 g/mol. The highest BCUT2D eigenvalue weighted by atomic mass is 16.3. The number of hydrogen-bond donors (Lipinski definition) is 0. The van der Waals surface area contributed by atoms with Crippen LogP contribution in [0.15, 0.2) is 239 Å². The van der Waals surface area contributed by atoms with Crippen molar-refractivity contribution in [3.05, 3.63) is 231 Å². The van der Waals surface area contributed by atoms with Crippen molar-refractivity contribution in [1.82, 2.24) is 19.5 Å². The number of furan rings is 2. The summed E-state index contributed by atoms with van der Waals surface area (Å²) in [6.07, 6.45) is 0. The van der Waals surface area contributed by atoms with Crippen LogP contribution >= 0.6 is 0 Å². The Bertz CT molecular complexity index is 4290. The minimum absolute atomic E-state index is 0.575. The molecule has 6 heteroatoms. The molecule has 0 radical (unpaired) electrons. The largest absolute Gasteiger partial charge is 0.456 e. The summed E-state index contributed by atoms with van der Waals surface area (Å²) in [6, 6.07) is 80.3. The van der Waals surface area contributed by atoms with Crippen molar-refractivity contribution in [2.24, 2.45) is 0 Å². The van der Waals surface area contributed by atoms with Crippen LogP contribution in [0.25, 0.3) is 139 Å². The van der Waals surface area contributed by atoms with Gasteiger partial charge in [0.15, 0.2) is 23.1 Å². The summed E-state index contributed by atoms with van der Waals surface area (Å²) in [6.45, 7) is 0. The lowest BCUT2D eigenvalue weighted by Gasteiger charge is -2.10. The second-order valence-corrected chi connectivity index (χ2v) is 17.5. The summed E-state index contributed by atoms with van der Waals surface area (Å²) >= 11 is 0.